The number of fused-ring (bicyclic) bond motifs is 1. The lowest BCUT2D eigenvalue weighted by molar-refractivity contribution is -0.140. The minimum Gasteiger partial charge on any atom is -0.450 e. The first kappa shape index (κ1) is 20.9. The van der Waals surface area contributed by atoms with Crippen LogP contribution in [0.5, 0.6) is 11.5 Å². The molecule has 0 spiro atoms. The molecule has 0 radical (unpaired) electrons. The molecule has 4 aromatic rings. The van der Waals surface area contributed by atoms with Crippen LogP contribution in [0.15, 0.2) is 30.6 Å². The summed E-state index contributed by atoms with van der Waals surface area (Å²) in [6.45, 7) is 0. The van der Waals surface area contributed by atoms with Gasteiger partial charge < -0.3 is 21.2 Å². The normalized spacial score (nSPS) is 14.1. The zero-order valence-corrected chi connectivity index (χ0v) is 16.7. The number of nitrogens with zero attached hydrogens (tertiary/aromatic N) is 3. The molecule has 3 heterocycles. The van der Waals surface area contributed by atoms with Crippen molar-refractivity contribution in [2.75, 3.05) is 11.5 Å². The Hall–Kier alpha value is -3.96. The molecule has 0 saturated heterocycles. The van der Waals surface area contributed by atoms with Crippen molar-refractivity contribution in [3.8, 4) is 22.6 Å². The van der Waals surface area contributed by atoms with E-state index in [9.17, 15) is 22.0 Å². The molecular weight excluding hydrogens is 447 g/mol. The zero-order valence-electron chi connectivity index (χ0n) is 16.7. The summed E-state index contributed by atoms with van der Waals surface area (Å²) in [4.78, 5) is 13.9. The maximum Gasteiger partial charge on any atom is 0.434 e. The summed E-state index contributed by atoms with van der Waals surface area (Å²) in [7, 11) is 0. The Kier molecular flexibility index (Phi) is 4.62. The van der Waals surface area contributed by atoms with Crippen molar-refractivity contribution in [1.29, 1.82) is 0 Å². The molecule has 0 unspecified atom stereocenters. The topological polar surface area (TPSA) is 116 Å². The van der Waals surface area contributed by atoms with Crippen molar-refractivity contribution in [3.05, 3.63) is 53.5 Å². The summed E-state index contributed by atoms with van der Waals surface area (Å²) in [6.07, 6.45) is 0.160. The van der Waals surface area contributed by atoms with Crippen molar-refractivity contribution in [2.45, 2.75) is 24.9 Å². The lowest BCUT2D eigenvalue weighted by Crippen LogP contribution is -2.15. The summed E-state index contributed by atoms with van der Waals surface area (Å²) in [5.41, 5.74) is 9.49. The van der Waals surface area contributed by atoms with Crippen molar-refractivity contribution < 1.29 is 26.7 Å². The van der Waals surface area contributed by atoms with E-state index in [1.807, 2.05) is 0 Å². The molecule has 0 atom stereocenters. The third-order valence-electron chi connectivity index (χ3n) is 5.30. The van der Waals surface area contributed by atoms with E-state index < -0.39 is 52.1 Å². The molecule has 1 aliphatic carbocycles. The van der Waals surface area contributed by atoms with Gasteiger partial charge in [0.15, 0.2) is 23.1 Å². The number of benzene rings is 1. The predicted molar refractivity (Wildman–Crippen MR) is 109 cm³/mol. The third-order valence-corrected chi connectivity index (χ3v) is 5.30. The Balaban J connectivity index is 1.60. The highest BCUT2D eigenvalue weighted by Crippen LogP contribution is 2.46. The first-order valence-corrected chi connectivity index (χ1v) is 9.77. The average molecular weight is 462 g/mol. The van der Waals surface area contributed by atoms with E-state index in [1.54, 1.807) is 6.20 Å². The number of aromatic nitrogens is 4. The fourth-order valence-corrected chi connectivity index (χ4v) is 3.75. The summed E-state index contributed by atoms with van der Waals surface area (Å²) >= 11 is 0. The Bertz CT molecular complexity index is 1370. The number of pyridine rings is 1. The van der Waals surface area contributed by atoms with E-state index in [-0.39, 0.29) is 5.75 Å². The highest BCUT2D eigenvalue weighted by molar-refractivity contribution is 5.87. The predicted octanol–water partition coefficient (Wildman–Crippen LogP) is 5.15. The average Bonchev–Trinajstić information content (AvgIpc) is 3.48. The second kappa shape index (κ2) is 7.29. The number of nitrogen functional groups attached to an aromatic ring is 2. The highest BCUT2D eigenvalue weighted by atomic mass is 19.4. The maximum absolute atomic E-state index is 14.9. The Labute approximate surface area is 182 Å². The van der Waals surface area contributed by atoms with Gasteiger partial charge in [0, 0.05) is 12.4 Å². The number of nitrogens with two attached hydrogens (primary N) is 2. The lowest BCUT2D eigenvalue weighted by atomic mass is 10.0. The van der Waals surface area contributed by atoms with Crippen LogP contribution in [0.2, 0.25) is 0 Å². The van der Waals surface area contributed by atoms with Gasteiger partial charge in [0.1, 0.15) is 17.2 Å². The smallest absolute Gasteiger partial charge is 0.434 e. The van der Waals surface area contributed by atoms with Gasteiger partial charge in [-0.05, 0) is 48.1 Å². The second-order valence-corrected chi connectivity index (χ2v) is 7.61. The molecule has 12 heteroatoms. The number of hydrogen-bond donors (Lipinski definition) is 3. The molecular formula is C21H15F5N6O. The third kappa shape index (κ3) is 3.66. The number of hydrogen-bond acceptors (Lipinski definition) is 6. The Morgan fingerprint density at radius 1 is 1.06 bits per heavy atom. The van der Waals surface area contributed by atoms with Crippen molar-refractivity contribution in [3.63, 3.8) is 0 Å². The van der Waals surface area contributed by atoms with Gasteiger partial charge in [0.05, 0.1) is 10.9 Å². The Morgan fingerprint density at radius 3 is 2.39 bits per heavy atom. The van der Waals surface area contributed by atoms with E-state index in [1.165, 1.54) is 12.3 Å². The van der Waals surface area contributed by atoms with Gasteiger partial charge in [-0.15, -0.1) is 0 Å². The van der Waals surface area contributed by atoms with E-state index >= 15 is 0 Å². The maximum atomic E-state index is 14.9. The van der Waals surface area contributed by atoms with E-state index in [0.717, 1.165) is 18.4 Å². The second-order valence-electron chi connectivity index (χ2n) is 7.61. The molecule has 0 bridgehead atoms. The summed E-state index contributed by atoms with van der Waals surface area (Å²) < 4.78 is 75.8. The standard InChI is InChI=1S/C21H15F5N6O/c22-11-5-9(14-17(21(24,25)26)31-20(28)32-18(14)27)6-12(23)16(11)33-13-3-4-29-19-15(13)10(7-30-19)8-1-2-8/h3-8H,1-2H2,(H,29,30)(H4,27,28,31,32). The van der Waals surface area contributed by atoms with Gasteiger partial charge in [0.2, 0.25) is 5.95 Å². The quantitative estimate of drug-likeness (QED) is 0.361. The van der Waals surface area contributed by atoms with Crippen LogP contribution in [0.3, 0.4) is 0 Å². The zero-order chi connectivity index (χ0) is 23.5. The number of rotatable bonds is 4. The fourth-order valence-electron chi connectivity index (χ4n) is 3.75. The number of H-pyrrole nitrogens is 1. The van der Waals surface area contributed by atoms with Crippen molar-refractivity contribution in [1.82, 2.24) is 19.9 Å². The van der Waals surface area contributed by atoms with Crippen LogP contribution in [0, 0.1) is 11.6 Å². The number of halogens is 5. The molecule has 1 fully saturated rings. The molecule has 1 aromatic carbocycles. The lowest BCUT2D eigenvalue weighted by Gasteiger charge is -2.16. The highest BCUT2D eigenvalue weighted by Gasteiger charge is 2.38. The van der Waals surface area contributed by atoms with Crippen LogP contribution in [0.4, 0.5) is 33.7 Å². The minimum atomic E-state index is -4.99. The van der Waals surface area contributed by atoms with Gasteiger partial charge in [-0.25, -0.2) is 18.7 Å². The molecule has 1 saturated carbocycles. The molecule has 170 valence electrons. The number of anilines is 2. The molecule has 5 N–H and O–H groups in total. The molecule has 1 aliphatic rings. The van der Waals surface area contributed by atoms with E-state index in [4.69, 9.17) is 16.2 Å². The number of aromatic amines is 1. The summed E-state index contributed by atoms with van der Waals surface area (Å²) in [6, 6.07) is 2.81. The van der Waals surface area contributed by atoms with Crippen LogP contribution >= 0.6 is 0 Å². The van der Waals surface area contributed by atoms with Gasteiger partial charge in [-0.2, -0.15) is 18.2 Å². The van der Waals surface area contributed by atoms with E-state index in [2.05, 4.69) is 19.9 Å². The van der Waals surface area contributed by atoms with Gasteiger partial charge in [0.25, 0.3) is 0 Å². The molecule has 0 amide bonds. The summed E-state index contributed by atoms with van der Waals surface area (Å²) in [5, 5.41) is 0.596. The van der Waals surface area contributed by atoms with Crippen LogP contribution in [0.25, 0.3) is 22.2 Å². The SMILES string of the molecule is Nc1nc(N)c(-c2cc(F)c(Oc3ccnc4[nH]cc(C5CC5)c34)c(F)c2)c(C(F)(F)F)n1. The summed E-state index contributed by atoms with van der Waals surface area (Å²) in [5.74, 6) is -4.16. The molecule has 0 aliphatic heterocycles. The van der Waals surface area contributed by atoms with Crippen molar-refractivity contribution in [2.24, 2.45) is 0 Å². The van der Waals surface area contributed by atoms with E-state index in [0.29, 0.717) is 29.1 Å². The fraction of sp³-hybridized carbons (Fsp3) is 0.190. The van der Waals surface area contributed by atoms with Gasteiger partial charge in [-0.1, -0.05) is 0 Å². The number of nitrogens with one attached hydrogen (secondary N) is 1. The molecule has 33 heavy (non-hydrogen) atoms. The first-order chi connectivity index (χ1) is 15.6. The molecule has 3 aromatic heterocycles. The Morgan fingerprint density at radius 2 is 1.76 bits per heavy atom. The van der Waals surface area contributed by atoms with Crippen LogP contribution < -0.4 is 16.2 Å². The van der Waals surface area contributed by atoms with Crippen molar-refractivity contribution >= 4 is 22.8 Å². The van der Waals surface area contributed by atoms with Crippen LogP contribution in [0.1, 0.15) is 30.0 Å². The monoisotopic (exact) mass is 462 g/mol. The van der Waals surface area contributed by atoms with Crippen LogP contribution in [-0.4, -0.2) is 19.9 Å². The van der Waals surface area contributed by atoms with Crippen LogP contribution in [-0.2, 0) is 6.18 Å². The molecule has 7 nitrogen and oxygen atoms in total. The van der Waals surface area contributed by atoms with Gasteiger partial charge in [-0.3, -0.25) is 0 Å². The minimum absolute atomic E-state index is 0.167. The van der Waals surface area contributed by atoms with Gasteiger partial charge >= 0.3 is 6.18 Å². The first-order valence-electron chi connectivity index (χ1n) is 9.77. The largest absolute Gasteiger partial charge is 0.450 e. The number of ether oxygens (including phenoxy) is 1. The number of alkyl halides is 3. The molecule has 5 rings (SSSR count).